The molecule has 0 aliphatic rings. The van der Waals surface area contributed by atoms with E-state index in [1.807, 2.05) is 19.0 Å². The van der Waals surface area contributed by atoms with Gasteiger partial charge in [-0.05, 0) is 33.2 Å². The molecule has 0 aromatic heterocycles. The van der Waals surface area contributed by atoms with E-state index in [0.717, 1.165) is 6.54 Å². The van der Waals surface area contributed by atoms with Crippen LogP contribution in [0.5, 0.6) is 0 Å². The number of halogens is 2. The van der Waals surface area contributed by atoms with E-state index in [2.05, 4.69) is 21.2 Å². The first-order valence-corrected chi connectivity index (χ1v) is 6.72. The molecule has 0 aliphatic heterocycles. The van der Waals surface area contributed by atoms with Gasteiger partial charge in [-0.1, -0.05) is 22.0 Å². The Labute approximate surface area is 121 Å². The fraction of sp³-hybridized carbons (Fsp3) is 0.462. The van der Waals surface area contributed by atoms with E-state index < -0.39 is 17.3 Å². The number of amides is 1. The Morgan fingerprint density at radius 3 is 2.63 bits per heavy atom. The predicted molar refractivity (Wildman–Crippen MR) is 77.2 cm³/mol. The van der Waals surface area contributed by atoms with Crippen LogP contribution in [0, 0.1) is 5.82 Å². The molecule has 4 nitrogen and oxygen atoms in total. The third-order valence-electron chi connectivity index (χ3n) is 3.00. The Bertz CT molecular complexity index is 467. The van der Waals surface area contributed by atoms with Gasteiger partial charge in [-0.3, -0.25) is 10.1 Å². The fourth-order valence-electron chi connectivity index (χ4n) is 1.74. The maximum absolute atomic E-state index is 14.0. The topological polar surface area (TPSA) is 58.4 Å². The summed E-state index contributed by atoms with van der Waals surface area (Å²) in [7, 11) is 3.84. The van der Waals surface area contributed by atoms with Crippen LogP contribution in [0.15, 0.2) is 22.7 Å². The van der Waals surface area contributed by atoms with Crippen LogP contribution < -0.4 is 11.1 Å². The van der Waals surface area contributed by atoms with Crippen molar-refractivity contribution in [2.24, 2.45) is 5.73 Å². The molecule has 0 aliphatic carbocycles. The summed E-state index contributed by atoms with van der Waals surface area (Å²) in [6.45, 7) is 2.85. The number of nitrogens with two attached hydrogens (primary N) is 1. The molecule has 1 unspecified atom stereocenters. The molecule has 1 aromatic rings. The van der Waals surface area contributed by atoms with E-state index in [9.17, 15) is 9.18 Å². The van der Waals surface area contributed by atoms with Gasteiger partial charge in [0.1, 0.15) is 11.4 Å². The molecule has 0 bridgehead atoms. The van der Waals surface area contributed by atoms with E-state index in [0.29, 0.717) is 11.0 Å². The van der Waals surface area contributed by atoms with Crippen molar-refractivity contribution in [3.05, 3.63) is 34.1 Å². The van der Waals surface area contributed by atoms with Crippen LogP contribution in [0.25, 0.3) is 0 Å². The summed E-state index contributed by atoms with van der Waals surface area (Å²) < 4.78 is 14.6. The number of rotatable bonds is 6. The molecule has 19 heavy (non-hydrogen) atoms. The van der Waals surface area contributed by atoms with Gasteiger partial charge in [0.25, 0.3) is 0 Å². The number of carbonyl (C=O) groups is 1. The molecule has 1 atom stereocenters. The van der Waals surface area contributed by atoms with Crippen molar-refractivity contribution in [2.75, 3.05) is 27.2 Å². The van der Waals surface area contributed by atoms with Crippen LogP contribution in [0.1, 0.15) is 12.5 Å². The number of primary amides is 1. The molecule has 0 saturated carbocycles. The molecule has 106 valence electrons. The molecule has 0 saturated heterocycles. The minimum Gasteiger partial charge on any atom is -0.368 e. The van der Waals surface area contributed by atoms with Crippen molar-refractivity contribution in [3.8, 4) is 0 Å². The quantitative estimate of drug-likeness (QED) is 0.829. The highest BCUT2D eigenvalue weighted by molar-refractivity contribution is 9.10. The van der Waals surface area contributed by atoms with Crippen molar-refractivity contribution in [1.82, 2.24) is 10.2 Å². The molecule has 6 heteroatoms. The Kier molecular flexibility index (Phi) is 5.46. The zero-order chi connectivity index (χ0) is 14.6. The average Bonchev–Trinajstić information content (AvgIpc) is 2.27. The lowest BCUT2D eigenvalue weighted by Gasteiger charge is -2.29. The van der Waals surface area contributed by atoms with Gasteiger partial charge in [-0.15, -0.1) is 0 Å². The predicted octanol–water partition coefficient (Wildman–Crippen LogP) is 1.44. The van der Waals surface area contributed by atoms with E-state index in [-0.39, 0.29) is 5.56 Å². The van der Waals surface area contributed by atoms with Crippen LogP contribution in [-0.2, 0) is 10.3 Å². The van der Waals surface area contributed by atoms with Crippen molar-refractivity contribution in [3.63, 3.8) is 0 Å². The number of nitrogens with zero attached hydrogens (tertiary/aromatic N) is 1. The van der Waals surface area contributed by atoms with Crippen LogP contribution in [0.3, 0.4) is 0 Å². The summed E-state index contributed by atoms with van der Waals surface area (Å²) in [5.74, 6) is -1.07. The van der Waals surface area contributed by atoms with Crippen molar-refractivity contribution in [1.29, 1.82) is 0 Å². The molecule has 0 spiro atoms. The number of nitrogens with one attached hydrogen (secondary N) is 1. The van der Waals surface area contributed by atoms with Gasteiger partial charge in [0.15, 0.2) is 0 Å². The van der Waals surface area contributed by atoms with E-state index >= 15 is 0 Å². The average molecular weight is 332 g/mol. The summed E-state index contributed by atoms with van der Waals surface area (Å²) in [5.41, 5.74) is 4.46. The number of likely N-dealkylation sites (N-methyl/N-ethyl adjacent to an activating group) is 1. The van der Waals surface area contributed by atoms with Crippen LogP contribution in [-0.4, -0.2) is 38.0 Å². The Balaban J connectivity index is 3.01. The van der Waals surface area contributed by atoms with E-state index in [1.165, 1.54) is 6.07 Å². The van der Waals surface area contributed by atoms with Crippen molar-refractivity contribution in [2.45, 2.75) is 12.5 Å². The third-order valence-corrected chi connectivity index (χ3v) is 3.49. The van der Waals surface area contributed by atoms with Crippen LogP contribution in [0.2, 0.25) is 0 Å². The van der Waals surface area contributed by atoms with Crippen molar-refractivity contribution < 1.29 is 9.18 Å². The minimum atomic E-state index is -1.22. The Morgan fingerprint density at radius 1 is 1.53 bits per heavy atom. The molecular weight excluding hydrogens is 313 g/mol. The third kappa shape index (κ3) is 3.99. The van der Waals surface area contributed by atoms with Crippen molar-refractivity contribution >= 4 is 21.8 Å². The molecule has 0 heterocycles. The maximum Gasteiger partial charge on any atom is 0.242 e. The van der Waals surface area contributed by atoms with E-state index in [4.69, 9.17) is 5.73 Å². The second-order valence-electron chi connectivity index (χ2n) is 4.84. The van der Waals surface area contributed by atoms with Gasteiger partial charge in [-0.2, -0.15) is 0 Å². The smallest absolute Gasteiger partial charge is 0.242 e. The summed E-state index contributed by atoms with van der Waals surface area (Å²) >= 11 is 3.19. The first-order chi connectivity index (χ1) is 8.77. The molecule has 3 N–H and O–H groups in total. The molecular formula is C13H19BrFN3O. The Morgan fingerprint density at radius 2 is 2.16 bits per heavy atom. The SMILES string of the molecule is CN(C)CCNC(C)(C(N)=O)c1ccc(Br)cc1F. The first kappa shape index (κ1) is 16.1. The van der Waals surface area contributed by atoms with Crippen LogP contribution in [0.4, 0.5) is 4.39 Å². The lowest BCUT2D eigenvalue weighted by molar-refractivity contribution is -0.124. The monoisotopic (exact) mass is 331 g/mol. The normalized spacial score (nSPS) is 14.4. The van der Waals surface area contributed by atoms with Gasteiger partial charge in [0.05, 0.1) is 0 Å². The summed E-state index contributed by atoms with van der Waals surface area (Å²) in [4.78, 5) is 13.7. The van der Waals surface area contributed by atoms with Gasteiger partial charge in [0, 0.05) is 23.1 Å². The number of hydrogen-bond acceptors (Lipinski definition) is 3. The summed E-state index contributed by atoms with van der Waals surface area (Å²) in [6.07, 6.45) is 0. The standard InChI is InChI=1S/C13H19BrFN3O/c1-13(12(16)19,17-6-7-18(2)3)10-5-4-9(14)8-11(10)15/h4-5,8,17H,6-7H2,1-3H3,(H2,16,19). The largest absolute Gasteiger partial charge is 0.368 e. The Hall–Kier alpha value is -0.980. The number of benzene rings is 1. The molecule has 1 aromatic carbocycles. The van der Waals surface area contributed by atoms with Gasteiger partial charge in [-0.25, -0.2) is 4.39 Å². The number of carbonyl (C=O) groups excluding carboxylic acids is 1. The fourth-order valence-corrected chi connectivity index (χ4v) is 2.07. The highest BCUT2D eigenvalue weighted by Crippen LogP contribution is 2.25. The van der Waals surface area contributed by atoms with Gasteiger partial charge >= 0.3 is 0 Å². The van der Waals surface area contributed by atoms with E-state index in [1.54, 1.807) is 19.1 Å². The molecule has 1 rings (SSSR count). The first-order valence-electron chi connectivity index (χ1n) is 5.92. The molecule has 1 amide bonds. The van der Waals surface area contributed by atoms with Gasteiger partial charge in [0.2, 0.25) is 5.91 Å². The highest BCUT2D eigenvalue weighted by Gasteiger charge is 2.35. The summed E-state index contributed by atoms with van der Waals surface area (Å²) in [6, 6.07) is 4.57. The second-order valence-corrected chi connectivity index (χ2v) is 5.76. The second kappa shape index (κ2) is 6.45. The lowest BCUT2D eigenvalue weighted by Crippen LogP contribution is -2.52. The zero-order valence-corrected chi connectivity index (χ0v) is 12.9. The highest BCUT2D eigenvalue weighted by atomic mass is 79.9. The lowest BCUT2D eigenvalue weighted by atomic mass is 9.90. The zero-order valence-electron chi connectivity index (χ0n) is 11.3. The van der Waals surface area contributed by atoms with Crippen LogP contribution >= 0.6 is 15.9 Å². The maximum atomic E-state index is 14.0. The minimum absolute atomic E-state index is 0.252. The molecule has 0 radical (unpaired) electrons. The number of hydrogen-bond donors (Lipinski definition) is 2. The van der Waals surface area contributed by atoms with Gasteiger partial charge < -0.3 is 10.6 Å². The summed E-state index contributed by atoms with van der Waals surface area (Å²) in [5, 5.41) is 3.03. The molecule has 0 fully saturated rings.